The lowest BCUT2D eigenvalue weighted by atomic mass is 10.2. The van der Waals surface area contributed by atoms with Crippen molar-refractivity contribution in [1.29, 1.82) is 0 Å². The zero-order valence-corrected chi connectivity index (χ0v) is 14.7. The van der Waals surface area contributed by atoms with Crippen molar-refractivity contribution in [3.63, 3.8) is 0 Å². The van der Waals surface area contributed by atoms with Crippen molar-refractivity contribution in [3.05, 3.63) is 57.7 Å². The first kappa shape index (κ1) is 18.5. The summed E-state index contributed by atoms with van der Waals surface area (Å²) in [4.78, 5) is 41.2. The number of benzene rings is 1. The predicted octanol–water partition coefficient (Wildman–Crippen LogP) is 3.05. The summed E-state index contributed by atoms with van der Waals surface area (Å²) in [6.45, 7) is 0.322. The number of anilines is 1. The van der Waals surface area contributed by atoms with Crippen LogP contribution >= 0.6 is 11.3 Å². The highest BCUT2D eigenvalue weighted by Crippen LogP contribution is 2.34. The van der Waals surface area contributed by atoms with E-state index in [4.69, 9.17) is 0 Å². The Balaban J connectivity index is 1.91. The molecule has 0 atom stereocenters. The predicted molar refractivity (Wildman–Crippen MR) is 97.2 cm³/mol. The van der Waals surface area contributed by atoms with Crippen LogP contribution in [0.25, 0.3) is 10.2 Å². The molecule has 27 heavy (non-hydrogen) atoms. The number of halogens is 1. The van der Waals surface area contributed by atoms with E-state index >= 15 is 0 Å². The van der Waals surface area contributed by atoms with E-state index in [2.05, 4.69) is 15.3 Å². The van der Waals surface area contributed by atoms with Gasteiger partial charge in [0.05, 0.1) is 10.3 Å². The minimum atomic E-state index is -0.573. The summed E-state index contributed by atoms with van der Waals surface area (Å²) >= 11 is 0.903. The zero-order valence-electron chi connectivity index (χ0n) is 13.8. The number of nitrogens with one attached hydrogen (secondary N) is 1. The molecule has 2 aromatic heterocycles. The molecule has 8 nitrogen and oxygen atoms in total. The van der Waals surface area contributed by atoms with Crippen LogP contribution in [0.4, 0.5) is 15.2 Å². The molecule has 0 bridgehead atoms. The van der Waals surface area contributed by atoms with Gasteiger partial charge in [0, 0.05) is 25.5 Å². The van der Waals surface area contributed by atoms with Gasteiger partial charge in [0.25, 0.3) is 0 Å². The van der Waals surface area contributed by atoms with Crippen molar-refractivity contribution in [1.82, 2.24) is 9.97 Å². The Kier molecular flexibility index (Phi) is 5.46. The average Bonchev–Trinajstić information content (AvgIpc) is 3.10. The molecule has 3 aromatic rings. The Morgan fingerprint density at radius 2 is 2.04 bits per heavy atom. The number of nitrogens with zero attached hydrogens (tertiary/aromatic N) is 3. The molecule has 1 N–H and O–H groups in total. The van der Waals surface area contributed by atoms with Crippen molar-refractivity contribution in [2.45, 2.75) is 19.4 Å². The molecule has 0 aliphatic rings. The van der Waals surface area contributed by atoms with Crippen molar-refractivity contribution < 1.29 is 18.9 Å². The molecular formula is C17H13FN4O4S. The lowest BCUT2D eigenvalue weighted by molar-refractivity contribution is -0.380. The Morgan fingerprint density at radius 3 is 2.70 bits per heavy atom. The van der Waals surface area contributed by atoms with Gasteiger partial charge in [-0.2, -0.15) is 0 Å². The van der Waals surface area contributed by atoms with Gasteiger partial charge in [-0.15, -0.1) is 0 Å². The third kappa shape index (κ3) is 4.47. The summed E-state index contributed by atoms with van der Waals surface area (Å²) < 4.78 is 13.0. The molecule has 0 saturated heterocycles. The van der Waals surface area contributed by atoms with Gasteiger partial charge in [-0.1, -0.05) is 12.1 Å². The van der Waals surface area contributed by atoms with Crippen LogP contribution < -0.4 is 5.32 Å². The van der Waals surface area contributed by atoms with Crippen LogP contribution in [0.3, 0.4) is 0 Å². The van der Waals surface area contributed by atoms with E-state index < -0.39 is 10.7 Å². The van der Waals surface area contributed by atoms with Crippen molar-refractivity contribution >= 4 is 44.4 Å². The van der Waals surface area contributed by atoms with Crippen LogP contribution in [0, 0.1) is 15.9 Å². The maximum absolute atomic E-state index is 13.0. The second-order valence-electron chi connectivity index (χ2n) is 5.61. The molecule has 1 aromatic carbocycles. The van der Waals surface area contributed by atoms with Crippen LogP contribution in [-0.4, -0.2) is 27.0 Å². The van der Waals surface area contributed by atoms with Crippen molar-refractivity contribution in [2.75, 3.05) is 5.32 Å². The smallest absolute Gasteiger partial charge is 0.326 e. The first-order valence-electron chi connectivity index (χ1n) is 7.87. The van der Waals surface area contributed by atoms with E-state index in [1.165, 1.54) is 18.2 Å². The Labute approximate surface area is 156 Å². The van der Waals surface area contributed by atoms with E-state index in [1.54, 1.807) is 12.1 Å². The number of nitro groups is 1. The highest BCUT2D eigenvalue weighted by molar-refractivity contribution is 7.21. The van der Waals surface area contributed by atoms with Gasteiger partial charge >= 0.3 is 5.00 Å². The first-order valence-corrected chi connectivity index (χ1v) is 8.69. The van der Waals surface area contributed by atoms with Crippen LogP contribution in [0.15, 0.2) is 30.3 Å². The Hall–Kier alpha value is -3.27. The minimum absolute atomic E-state index is 0.0418. The minimum Gasteiger partial charge on any atom is -0.365 e. The summed E-state index contributed by atoms with van der Waals surface area (Å²) in [7, 11) is 0. The van der Waals surface area contributed by atoms with Crippen LogP contribution in [0.5, 0.6) is 0 Å². The highest BCUT2D eigenvalue weighted by Gasteiger charge is 2.18. The van der Waals surface area contributed by atoms with E-state index in [1.807, 2.05) is 0 Å². The fraction of sp³-hybridized carbons (Fsp3) is 0.176. The molecule has 0 spiro atoms. The van der Waals surface area contributed by atoms with E-state index in [-0.39, 0.29) is 29.9 Å². The lowest BCUT2D eigenvalue weighted by Crippen LogP contribution is -2.07. The van der Waals surface area contributed by atoms with Gasteiger partial charge in [0.15, 0.2) is 12.1 Å². The molecule has 10 heteroatoms. The maximum atomic E-state index is 13.0. The van der Waals surface area contributed by atoms with Gasteiger partial charge < -0.3 is 5.32 Å². The van der Waals surface area contributed by atoms with E-state index in [0.717, 1.165) is 16.9 Å². The SMILES string of the molecule is O=CC(=O)CCc1nc(NCc2ccc(F)cc2)c2cc([N+](=O)[O-])sc2n1. The molecule has 0 unspecified atom stereocenters. The lowest BCUT2D eigenvalue weighted by Gasteiger charge is -2.08. The summed E-state index contributed by atoms with van der Waals surface area (Å²) in [6.07, 6.45) is 0.340. The third-order valence-corrected chi connectivity index (χ3v) is 4.69. The Morgan fingerprint density at radius 1 is 1.30 bits per heavy atom. The fourth-order valence-corrected chi connectivity index (χ4v) is 3.24. The number of rotatable bonds is 8. The molecule has 0 saturated carbocycles. The number of carbonyl (C=O) groups excluding carboxylic acids is 2. The summed E-state index contributed by atoms with van der Waals surface area (Å²) in [5, 5.41) is 14.5. The normalized spacial score (nSPS) is 10.7. The first-order chi connectivity index (χ1) is 13.0. The molecule has 2 heterocycles. The molecule has 0 amide bonds. The van der Waals surface area contributed by atoms with E-state index in [9.17, 15) is 24.1 Å². The van der Waals surface area contributed by atoms with Crippen molar-refractivity contribution in [3.8, 4) is 0 Å². The second kappa shape index (κ2) is 7.96. The number of ketones is 1. The summed E-state index contributed by atoms with van der Waals surface area (Å²) in [5.41, 5.74) is 0.797. The standard InChI is InChI=1S/C17H13FN4O4S/c18-11-3-1-10(2-4-11)8-19-16-13-7-15(22(25)26)27-17(13)21-14(20-16)6-5-12(24)9-23/h1-4,7,9H,5-6,8H2,(H,19,20,21). The van der Waals surface area contributed by atoms with Gasteiger partial charge in [-0.25, -0.2) is 14.4 Å². The van der Waals surface area contributed by atoms with Crippen LogP contribution in [0.1, 0.15) is 17.8 Å². The average molecular weight is 388 g/mol. The third-order valence-electron chi connectivity index (χ3n) is 3.71. The molecule has 0 aliphatic heterocycles. The second-order valence-corrected chi connectivity index (χ2v) is 6.62. The number of carbonyl (C=O) groups is 2. The number of Topliss-reactive ketones (excluding diaryl/α,β-unsaturated/α-hetero) is 1. The largest absolute Gasteiger partial charge is 0.365 e. The number of hydrogen-bond donors (Lipinski definition) is 1. The highest BCUT2D eigenvalue weighted by atomic mass is 32.1. The van der Waals surface area contributed by atoms with Gasteiger partial charge in [-0.05, 0) is 29.0 Å². The number of aromatic nitrogens is 2. The van der Waals surface area contributed by atoms with Crippen molar-refractivity contribution in [2.24, 2.45) is 0 Å². The van der Waals surface area contributed by atoms with Gasteiger partial charge in [0.2, 0.25) is 0 Å². The van der Waals surface area contributed by atoms with Crippen LogP contribution in [-0.2, 0) is 22.6 Å². The van der Waals surface area contributed by atoms with Crippen LogP contribution in [0.2, 0.25) is 0 Å². The molecule has 138 valence electrons. The molecule has 0 fully saturated rings. The number of fused-ring (bicyclic) bond motifs is 1. The fourth-order valence-electron chi connectivity index (χ4n) is 2.37. The van der Waals surface area contributed by atoms with Gasteiger partial charge in [-0.3, -0.25) is 19.7 Å². The molecule has 0 aliphatic carbocycles. The molecule has 3 rings (SSSR count). The number of aldehydes is 1. The summed E-state index contributed by atoms with van der Waals surface area (Å²) in [6, 6.07) is 7.27. The quantitative estimate of drug-likeness (QED) is 0.273. The molecular weight excluding hydrogens is 375 g/mol. The number of hydrogen-bond acceptors (Lipinski definition) is 8. The zero-order chi connectivity index (χ0) is 19.4. The monoisotopic (exact) mass is 388 g/mol. The Bertz CT molecular complexity index is 1020. The van der Waals surface area contributed by atoms with E-state index in [0.29, 0.717) is 28.4 Å². The maximum Gasteiger partial charge on any atom is 0.326 e. The molecule has 0 radical (unpaired) electrons. The topological polar surface area (TPSA) is 115 Å². The number of thiophene rings is 1. The van der Waals surface area contributed by atoms with Gasteiger partial charge in [0.1, 0.15) is 22.3 Å². The summed E-state index contributed by atoms with van der Waals surface area (Å²) in [5.74, 6) is -0.242. The number of aryl methyl sites for hydroxylation is 1.